The van der Waals surface area contributed by atoms with Crippen LogP contribution in [0.25, 0.3) is 0 Å². The van der Waals surface area contributed by atoms with Crippen molar-refractivity contribution in [3.05, 3.63) is 0 Å². The molecule has 4 aliphatic rings. The number of esters is 2. The lowest BCUT2D eigenvalue weighted by Gasteiger charge is -2.40. The molecule has 4 heterocycles. The van der Waals surface area contributed by atoms with Crippen molar-refractivity contribution in [1.29, 1.82) is 5.41 Å². The van der Waals surface area contributed by atoms with Gasteiger partial charge in [0.05, 0.1) is 30.8 Å². The molecular formula is C66H143Br4Cl4N14O14PS6. The summed E-state index contributed by atoms with van der Waals surface area (Å²) in [6.45, 7) is 41.5. The normalized spacial score (nSPS) is 18.3. The minimum absolute atomic E-state index is 0. The summed E-state index contributed by atoms with van der Waals surface area (Å²) in [5.74, 6) is 2.29. The van der Waals surface area contributed by atoms with Crippen molar-refractivity contribution in [2.24, 2.45) is 61.0 Å². The number of nitrogens with zero attached hydrogens (tertiary/aromatic N) is 6. The van der Waals surface area contributed by atoms with Crippen molar-refractivity contribution in [3.8, 4) is 0 Å². The second kappa shape index (κ2) is 77.5. The second-order valence-electron chi connectivity index (χ2n) is 26.8. The average molecular weight is 2040 g/mol. The summed E-state index contributed by atoms with van der Waals surface area (Å²) in [7, 11) is 2.70. The number of rotatable bonds is 26. The van der Waals surface area contributed by atoms with Crippen molar-refractivity contribution in [2.45, 2.75) is 201 Å². The first-order valence-corrected chi connectivity index (χ1v) is 43.2. The highest BCUT2D eigenvalue weighted by atomic mass is 79.9. The van der Waals surface area contributed by atoms with Crippen molar-refractivity contribution >= 4 is 262 Å². The fourth-order valence-corrected chi connectivity index (χ4v) is 13.3. The van der Waals surface area contributed by atoms with Gasteiger partial charge in [0.25, 0.3) is 0 Å². The van der Waals surface area contributed by atoms with E-state index >= 15 is 0 Å². The zero-order valence-electron chi connectivity index (χ0n) is 68.0. The zero-order valence-corrected chi connectivity index (χ0v) is 84.2. The number of carbonyl (C=O) groups is 8. The maximum absolute atomic E-state index is 11.7. The van der Waals surface area contributed by atoms with Gasteiger partial charge in [-0.3, -0.25) is 38.8 Å². The smallest absolute Gasteiger partial charge is 0.332 e. The molecule has 0 aromatic rings. The number of ether oxygens (including phenoxy) is 2. The van der Waals surface area contributed by atoms with Crippen LogP contribution in [0.3, 0.4) is 0 Å². The van der Waals surface area contributed by atoms with Gasteiger partial charge in [-0.05, 0) is 111 Å². The first kappa shape index (κ1) is 138. The maximum atomic E-state index is 11.7. The summed E-state index contributed by atoms with van der Waals surface area (Å²) < 4.78 is 9.45. The molecule has 0 spiro atoms. The van der Waals surface area contributed by atoms with Crippen molar-refractivity contribution in [1.82, 2.24) is 19.6 Å². The molecule has 0 radical (unpaired) electrons. The number of nitrogens with one attached hydrogen (secondary N) is 1. The lowest BCUT2D eigenvalue weighted by molar-refractivity contribution is -0.156. The van der Waals surface area contributed by atoms with E-state index in [1.165, 1.54) is 117 Å². The van der Waals surface area contributed by atoms with E-state index in [0.717, 1.165) is 72.1 Å². The van der Waals surface area contributed by atoms with Crippen LogP contribution in [0.4, 0.5) is 0 Å². The van der Waals surface area contributed by atoms with Gasteiger partial charge >= 0.3 is 35.8 Å². The van der Waals surface area contributed by atoms with Gasteiger partial charge in [0.15, 0.2) is 5.96 Å². The molecule has 658 valence electrons. The van der Waals surface area contributed by atoms with Gasteiger partial charge in [-0.2, -0.15) is 57.8 Å². The third kappa shape index (κ3) is 68.2. The minimum atomic E-state index is -1.18. The van der Waals surface area contributed by atoms with E-state index in [-0.39, 0.29) is 116 Å². The Bertz CT molecular complexity index is 2390. The third-order valence-electron chi connectivity index (χ3n) is 13.0. The largest absolute Gasteiger partial charge is 0.480 e. The number of aliphatic imine (C=N–C) groups is 2. The molecule has 2 amide bonds. The third-order valence-corrected chi connectivity index (χ3v) is 23.6. The predicted molar refractivity (Wildman–Crippen MR) is 503 cm³/mol. The fraction of sp³-hybridized carbons (Fsp3) is 0.833. The molecule has 3 fully saturated rings. The molecule has 109 heavy (non-hydrogen) atoms. The van der Waals surface area contributed by atoms with Crippen LogP contribution in [0.2, 0.25) is 0 Å². The predicted octanol–water partition coefficient (Wildman–Crippen LogP) is 10.7. The molecule has 19 N–H and O–H groups in total. The van der Waals surface area contributed by atoms with Crippen molar-refractivity contribution in [3.63, 3.8) is 0 Å². The molecule has 28 nitrogen and oxygen atoms in total. The van der Waals surface area contributed by atoms with Gasteiger partial charge in [-0.1, -0.05) is 110 Å². The molecule has 0 aromatic heterocycles. The number of alkyl halides is 3. The van der Waals surface area contributed by atoms with Crippen LogP contribution >= 0.6 is 196 Å². The number of aliphatic carboxylic acids is 4. The molecule has 4 rings (SSSR count). The van der Waals surface area contributed by atoms with Gasteiger partial charge in [-0.25, -0.2) is 9.59 Å². The number of fused-ring (bicyclic) bond motifs is 1. The van der Waals surface area contributed by atoms with Crippen molar-refractivity contribution in [2.75, 3.05) is 134 Å². The Morgan fingerprint density at radius 3 is 1.35 bits per heavy atom. The van der Waals surface area contributed by atoms with Gasteiger partial charge in [0.1, 0.15) is 33.7 Å². The van der Waals surface area contributed by atoms with E-state index in [0.29, 0.717) is 53.4 Å². The first-order chi connectivity index (χ1) is 47.4. The summed E-state index contributed by atoms with van der Waals surface area (Å²) in [6.07, 6.45) is 7.57. The molecular weight excluding hydrogens is 1900 g/mol. The van der Waals surface area contributed by atoms with Crippen LogP contribution in [0.5, 0.6) is 0 Å². The van der Waals surface area contributed by atoms with E-state index in [4.69, 9.17) is 70.7 Å². The van der Waals surface area contributed by atoms with E-state index in [1.807, 2.05) is 0 Å². The number of halogens is 8. The second-order valence-corrected chi connectivity index (χ2v) is 35.0. The minimum Gasteiger partial charge on any atom is -0.480 e. The molecule has 0 aliphatic carbocycles. The van der Waals surface area contributed by atoms with E-state index in [1.54, 1.807) is 72.8 Å². The number of thiol groups is 1. The Kier molecular flexibility index (Phi) is 97.7. The van der Waals surface area contributed by atoms with Gasteiger partial charge in [0, 0.05) is 120 Å². The Morgan fingerprint density at radius 1 is 0.661 bits per heavy atom. The van der Waals surface area contributed by atoms with Crippen LogP contribution in [0, 0.1) is 16.2 Å². The maximum Gasteiger partial charge on any atom is 0.332 e. The molecule has 43 heteroatoms. The van der Waals surface area contributed by atoms with Crippen LogP contribution in [-0.2, 0) is 47.8 Å². The number of hydrogen-bond acceptors (Lipinski definition) is 27. The lowest BCUT2D eigenvalue weighted by Crippen LogP contribution is -2.54. The number of nitrogens with two attached hydrogens (primary N) is 7. The SMILES string of the molecule is Br.CC(C)=N.CC(N)=NCCSC[C@](C)(N)C(=O)O.CCCBr.CCCBr.CCCSC[C@](C)(N)C(=O)O.CCN1CCCN2CCCN=C12.COC(=O)[C@@H]1CS[C@H](C(C)(C)C)N1C=O.COC(=O)[C@]1(C)CS[C@H](C(C)(C)C)N1C=O.C[C@](N)(CS)C(=O)O.C[C@](N)(CSCCN)C(=O)O.Cl.Cl.Cl.Cl.NCCBr.P. The number of amidine groups is 1. The number of methoxy groups -OCH3 is 2. The summed E-state index contributed by atoms with van der Waals surface area (Å²) in [5.41, 5.74) is 32.4. The van der Waals surface area contributed by atoms with E-state index in [9.17, 15) is 38.4 Å². The Balaban J connectivity index is -0.0000000864. The topological polar surface area (TPSA) is 480 Å². The molecule has 3 saturated heterocycles. The fourth-order valence-electron chi connectivity index (χ4n) is 7.17. The number of carbonyl (C=O) groups excluding carboxylic acids is 4. The number of carboxylic acid groups (broad SMARTS) is 4. The highest BCUT2D eigenvalue weighted by Crippen LogP contribution is 2.44. The Hall–Kier alpha value is -0.460. The number of thioether (sulfide) groups is 5. The standard InChI is InChI=1S/C11H19NO3S.C10H17NO3S.C9H17N3.C8H17N3O2S.C7H15NO2S.C6H14N2O2S.C4H9NO2S.2C3H7Br.C3H7N.C2H6BrN.BrH.4ClH.H3P/c1-10(2,3)8-12(7-13)11(4,6-16-8)9(14)15-5;1-10(2,3)9-11(6-12)7(5-15-9)8(13)14-4;1-2-11-7-4-8-12-6-3-5-10-9(11)12;1-6(9)11-3-4-14-5-8(2,10)7(12)13;1-3-4-11-5-7(2,8)6(9)10;1-6(8,5(9)10)4-11-3-2-7;1-4(5,2-8)3(6)7;2*1-2-3-4;1-3(2)4;3-1-2-4;;;;;;/h7-8H,6H2,1-5H3;6-7,9H,5H2,1-4H3;2-8H2,1H3;3-5,10H2,1-2H3,(H2,9,11)(H,12,13);3-5,8H2,1-2H3,(H,9,10);2-4,7-8H2,1H3,(H,9,10);8H,2,5H2,1H3,(H,6,7);2*2-3H2,1H3;4H,1-2H3;1-2,4H2;5*1H;1H3/t8-,11+;7-,9+;;8-;7-;6-;4-;;;;;;;;;;/m10.0000........../s1. The summed E-state index contributed by atoms with van der Waals surface area (Å²) in [5, 5.41) is 43.9. The number of carboxylic acids is 4. The van der Waals surface area contributed by atoms with Crippen molar-refractivity contribution < 1.29 is 68.3 Å². The molecule has 4 aliphatic heterocycles. The zero-order chi connectivity index (χ0) is 82.2. The summed E-state index contributed by atoms with van der Waals surface area (Å²) >= 11 is 21.1. The van der Waals surface area contributed by atoms with Gasteiger partial charge in [0.2, 0.25) is 12.8 Å². The number of guanidine groups is 1. The number of hydrogen-bond donors (Lipinski definition) is 13. The quantitative estimate of drug-likeness (QED) is 0.00559. The molecule has 0 bridgehead atoms. The van der Waals surface area contributed by atoms with E-state index in [2.05, 4.69) is 154 Å². The highest BCUT2D eigenvalue weighted by Gasteiger charge is 2.52. The summed E-state index contributed by atoms with van der Waals surface area (Å²) in [6, 6.07) is -0.429. The van der Waals surface area contributed by atoms with Crippen LogP contribution in [0.15, 0.2) is 9.98 Å². The average Bonchev–Trinajstić information content (AvgIpc) is 1.63. The monoisotopic (exact) mass is 2030 g/mol. The van der Waals surface area contributed by atoms with Crippen LogP contribution in [-0.4, -0.2) is 285 Å². The van der Waals surface area contributed by atoms with Gasteiger partial charge in [-0.15, -0.1) is 90.1 Å². The highest BCUT2D eigenvalue weighted by molar-refractivity contribution is 9.09. The van der Waals surface area contributed by atoms with Crippen LogP contribution < -0.4 is 40.1 Å². The molecule has 9 atom stereocenters. The van der Waals surface area contributed by atoms with Gasteiger partial charge < -0.3 is 95.0 Å². The molecule has 0 aromatic carbocycles. The van der Waals surface area contributed by atoms with Crippen LogP contribution in [0.1, 0.15) is 157 Å². The first-order valence-electron chi connectivity index (χ1n) is 33.7. The lowest BCUT2D eigenvalue weighted by atomic mass is 9.92. The molecule has 0 saturated carbocycles. The Morgan fingerprint density at radius 2 is 1.06 bits per heavy atom. The molecule has 1 unspecified atom stereocenters. The summed E-state index contributed by atoms with van der Waals surface area (Å²) in [4.78, 5) is 103. The van der Waals surface area contributed by atoms with E-state index < -0.39 is 57.6 Å². The Labute approximate surface area is 744 Å². The number of amides is 2.